The maximum Gasteiger partial charge on any atom is 0.397 e. The van der Waals surface area contributed by atoms with Crippen molar-refractivity contribution in [2.24, 2.45) is 0 Å². The first-order valence-corrected chi connectivity index (χ1v) is 15.4. The molecule has 4 heterocycles. The van der Waals surface area contributed by atoms with Crippen LogP contribution in [0.15, 0.2) is 60.1 Å². The van der Waals surface area contributed by atoms with Gasteiger partial charge in [0.1, 0.15) is 22.3 Å². The molecule has 2 aromatic carbocycles. The molecule has 1 amide bonds. The fourth-order valence-electron chi connectivity index (χ4n) is 5.54. The summed E-state index contributed by atoms with van der Waals surface area (Å²) in [5.41, 5.74) is 6.24. The second kappa shape index (κ2) is 12.2. The molecule has 0 bridgehead atoms. The van der Waals surface area contributed by atoms with E-state index in [1.54, 1.807) is 32.0 Å². The fourth-order valence-corrected chi connectivity index (χ4v) is 6.45. The van der Waals surface area contributed by atoms with Gasteiger partial charge >= 0.3 is 11.9 Å². The first kappa shape index (κ1) is 29.4. The van der Waals surface area contributed by atoms with E-state index in [4.69, 9.17) is 14.7 Å². The van der Waals surface area contributed by atoms with Gasteiger partial charge in [0.2, 0.25) is 0 Å². The van der Waals surface area contributed by atoms with Crippen LogP contribution in [0.3, 0.4) is 0 Å². The number of rotatable bonds is 6. The summed E-state index contributed by atoms with van der Waals surface area (Å²) in [6, 6.07) is 13.7. The van der Waals surface area contributed by atoms with Gasteiger partial charge in [-0.3, -0.25) is 9.20 Å². The van der Waals surface area contributed by atoms with Crippen LogP contribution in [0.4, 0.5) is 14.5 Å². The van der Waals surface area contributed by atoms with Gasteiger partial charge in [0.25, 0.3) is 0 Å². The molecule has 0 N–H and O–H groups in total. The fraction of sp³-hybridized carbons (Fsp3) is 0.273. The lowest BCUT2D eigenvalue weighted by Crippen LogP contribution is -2.51. The highest BCUT2D eigenvalue weighted by Gasteiger charge is 2.28. The summed E-state index contributed by atoms with van der Waals surface area (Å²) in [5, 5.41) is 2.57. The Balaban J connectivity index is 1.30. The maximum atomic E-state index is 16.2. The van der Waals surface area contributed by atoms with Crippen molar-refractivity contribution in [1.29, 1.82) is 0 Å². The quantitative estimate of drug-likeness (QED) is 0.168. The topological polar surface area (TPSA) is 80.0 Å². The largest absolute Gasteiger partial charge is 0.459 e. The van der Waals surface area contributed by atoms with Gasteiger partial charge in [-0.25, -0.2) is 23.5 Å². The number of carbonyl (C=O) groups excluding carboxylic acids is 2. The van der Waals surface area contributed by atoms with Crippen LogP contribution in [0.2, 0.25) is 0 Å². The number of ether oxygens (including phenoxy) is 1. The summed E-state index contributed by atoms with van der Waals surface area (Å²) in [4.78, 5) is 37.4. The molecule has 6 rings (SSSR count). The summed E-state index contributed by atoms with van der Waals surface area (Å²) >= 11 is 1.42. The van der Waals surface area contributed by atoms with Crippen LogP contribution in [0.25, 0.3) is 38.7 Å². The molecule has 1 saturated heterocycles. The standard InChI is InChI=1S/C33H31F2N5O3S/c1-4-26-30(25-12-11-24(20(3)29(25)35)31-37-27(19-44-31)21-6-8-22(34)9-7-21)40-18-23(10-13-28(40)36-26)38-14-16-39(17-15-38)32(41)33(42)43-5-2/h6-13,18-19H,4-5,14-17H2,1-3H3. The molecule has 3 aromatic heterocycles. The number of anilines is 1. The monoisotopic (exact) mass is 615 g/mol. The number of amides is 1. The molecule has 44 heavy (non-hydrogen) atoms. The normalized spacial score (nSPS) is 13.5. The van der Waals surface area contributed by atoms with E-state index in [2.05, 4.69) is 4.90 Å². The minimum absolute atomic E-state index is 0.157. The van der Waals surface area contributed by atoms with Crippen molar-refractivity contribution < 1.29 is 23.1 Å². The Morgan fingerprint density at radius 3 is 2.36 bits per heavy atom. The molecule has 0 unspecified atom stereocenters. The van der Waals surface area contributed by atoms with E-state index in [-0.39, 0.29) is 18.2 Å². The van der Waals surface area contributed by atoms with Crippen LogP contribution in [0.5, 0.6) is 0 Å². The van der Waals surface area contributed by atoms with E-state index in [1.165, 1.54) is 28.4 Å². The van der Waals surface area contributed by atoms with Crippen LogP contribution in [0.1, 0.15) is 25.1 Å². The summed E-state index contributed by atoms with van der Waals surface area (Å²) in [6.45, 7) is 7.44. The third-order valence-corrected chi connectivity index (χ3v) is 8.78. The average molecular weight is 616 g/mol. The number of piperazine rings is 1. The smallest absolute Gasteiger partial charge is 0.397 e. The van der Waals surface area contributed by atoms with Gasteiger partial charge < -0.3 is 14.5 Å². The lowest BCUT2D eigenvalue weighted by molar-refractivity contribution is -0.160. The van der Waals surface area contributed by atoms with E-state index in [1.807, 2.05) is 41.1 Å². The highest BCUT2D eigenvalue weighted by molar-refractivity contribution is 7.13. The van der Waals surface area contributed by atoms with E-state index >= 15 is 4.39 Å². The van der Waals surface area contributed by atoms with E-state index in [9.17, 15) is 14.0 Å². The second-order valence-corrected chi connectivity index (χ2v) is 11.4. The maximum absolute atomic E-state index is 16.2. The lowest BCUT2D eigenvalue weighted by Gasteiger charge is -2.35. The molecule has 0 saturated carbocycles. The van der Waals surface area contributed by atoms with Crippen molar-refractivity contribution >= 4 is 34.5 Å². The van der Waals surface area contributed by atoms with Gasteiger partial charge in [-0.1, -0.05) is 13.0 Å². The van der Waals surface area contributed by atoms with Crippen molar-refractivity contribution in [3.05, 3.63) is 83.0 Å². The van der Waals surface area contributed by atoms with Crippen LogP contribution in [-0.2, 0) is 20.7 Å². The van der Waals surface area contributed by atoms with Gasteiger partial charge in [0.15, 0.2) is 0 Å². The minimum Gasteiger partial charge on any atom is -0.459 e. The van der Waals surface area contributed by atoms with Crippen molar-refractivity contribution in [3.63, 3.8) is 0 Å². The Bertz CT molecular complexity index is 1860. The Kier molecular flexibility index (Phi) is 8.13. The lowest BCUT2D eigenvalue weighted by atomic mass is 10.0. The molecule has 226 valence electrons. The zero-order valence-corrected chi connectivity index (χ0v) is 25.5. The van der Waals surface area contributed by atoms with E-state index < -0.39 is 11.9 Å². The van der Waals surface area contributed by atoms with Crippen molar-refractivity contribution in [2.75, 3.05) is 37.7 Å². The molecule has 11 heteroatoms. The van der Waals surface area contributed by atoms with Gasteiger partial charge in [-0.05, 0) is 68.3 Å². The highest BCUT2D eigenvalue weighted by atomic mass is 32.1. The first-order chi connectivity index (χ1) is 21.3. The Hall–Kier alpha value is -4.64. The van der Waals surface area contributed by atoms with E-state index in [0.717, 1.165) is 16.9 Å². The average Bonchev–Trinajstić information content (AvgIpc) is 3.67. The number of hydrogen-bond acceptors (Lipinski definition) is 7. The van der Waals surface area contributed by atoms with Crippen molar-refractivity contribution in [3.8, 4) is 33.1 Å². The number of fused-ring (bicyclic) bond motifs is 1. The number of carbonyl (C=O) groups is 2. The summed E-state index contributed by atoms with van der Waals surface area (Å²) in [5.74, 6) is -2.10. The van der Waals surface area contributed by atoms with Gasteiger partial charge in [-0.2, -0.15) is 0 Å². The Morgan fingerprint density at radius 1 is 0.932 bits per heavy atom. The third kappa shape index (κ3) is 5.43. The summed E-state index contributed by atoms with van der Waals surface area (Å²) in [6.07, 6.45) is 2.58. The number of halogens is 2. The molecule has 1 aliphatic rings. The highest BCUT2D eigenvalue weighted by Crippen LogP contribution is 2.37. The number of nitrogens with zero attached hydrogens (tertiary/aromatic N) is 5. The molecule has 0 aliphatic carbocycles. The predicted octanol–water partition coefficient (Wildman–Crippen LogP) is 6.15. The first-order valence-electron chi connectivity index (χ1n) is 14.5. The number of thiazole rings is 1. The number of esters is 1. The van der Waals surface area contributed by atoms with Crippen LogP contribution >= 0.6 is 11.3 Å². The van der Waals surface area contributed by atoms with Gasteiger partial charge in [0, 0.05) is 54.4 Å². The third-order valence-electron chi connectivity index (χ3n) is 7.91. The molecule has 0 spiro atoms. The number of imidazole rings is 1. The second-order valence-electron chi connectivity index (χ2n) is 10.5. The minimum atomic E-state index is -0.830. The predicted molar refractivity (Wildman–Crippen MR) is 167 cm³/mol. The van der Waals surface area contributed by atoms with Crippen molar-refractivity contribution in [2.45, 2.75) is 27.2 Å². The SMILES string of the molecule is CCOC(=O)C(=O)N1CCN(c2ccc3nc(CC)c(-c4ccc(-c5nc(-c6ccc(F)cc6)cs5)c(C)c4F)n3c2)CC1. The Labute approximate surface area is 257 Å². The van der Waals surface area contributed by atoms with Crippen LogP contribution in [-0.4, -0.2) is 63.9 Å². The molecule has 0 atom stereocenters. The molecule has 1 fully saturated rings. The van der Waals surface area contributed by atoms with Gasteiger partial charge in [0.05, 0.1) is 29.4 Å². The van der Waals surface area contributed by atoms with Crippen molar-refractivity contribution in [1.82, 2.24) is 19.3 Å². The van der Waals surface area contributed by atoms with Gasteiger partial charge in [-0.15, -0.1) is 11.3 Å². The molecule has 0 radical (unpaired) electrons. The summed E-state index contributed by atoms with van der Waals surface area (Å²) < 4.78 is 36.4. The Morgan fingerprint density at radius 2 is 1.66 bits per heavy atom. The van der Waals surface area contributed by atoms with Crippen LogP contribution in [0, 0.1) is 18.6 Å². The zero-order chi connectivity index (χ0) is 31.0. The van der Waals surface area contributed by atoms with E-state index in [0.29, 0.717) is 71.3 Å². The molecular weight excluding hydrogens is 584 g/mol. The zero-order valence-electron chi connectivity index (χ0n) is 24.6. The number of benzene rings is 2. The molecule has 1 aliphatic heterocycles. The molecule has 5 aromatic rings. The number of pyridine rings is 1. The summed E-state index contributed by atoms with van der Waals surface area (Å²) in [7, 11) is 0. The van der Waals surface area contributed by atoms with Crippen LogP contribution < -0.4 is 4.90 Å². The number of aryl methyl sites for hydroxylation is 1. The number of aromatic nitrogens is 3. The molecular formula is C33H31F2N5O3S. The number of hydrogen-bond donors (Lipinski definition) is 0. The molecule has 8 nitrogen and oxygen atoms in total.